The Morgan fingerprint density at radius 1 is 0.731 bits per heavy atom. The van der Waals surface area contributed by atoms with Crippen LogP contribution in [-0.4, -0.2) is 79.8 Å². The Bertz CT molecular complexity index is 1090. The van der Waals surface area contributed by atoms with Gasteiger partial charge in [-0.05, 0) is 84.0 Å². The Morgan fingerprint density at radius 2 is 1.25 bits per heavy atom. The number of nitrogens with zero attached hydrogens (tertiary/aromatic N) is 1. The molecule has 9 nitrogen and oxygen atoms in total. The number of phosphoric ester groups is 1. The van der Waals surface area contributed by atoms with Gasteiger partial charge < -0.3 is 34.0 Å². The topological polar surface area (TPSA) is 128 Å². The zero-order valence-corrected chi connectivity index (χ0v) is 34.2. The minimum atomic E-state index is -4.61. The molecule has 3 N–H and O–H groups in total. The number of hydrogen-bond donors (Lipinski definition) is 3. The number of phosphoric acid groups is 1. The van der Waals surface area contributed by atoms with Crippen molar-refractivity contribution in [3.05, 3.63) is 72.9 Å². The first-order valence-electron chi connectivity index (χ1n) is 19.8. The molecule has 0 aromatic heterocycles. The molecule has 300 valence electrons. The molecule has 0 rings (SSSR count). The van der Waals surface area contributed by atoms with E-state index in [1.807, 2.05) is 34.1 Å². The zero-order chi connectivity index (χ0) is 38.8. The van der Waals surface area contributed by atoms with Crippen LogP contribution in [0.4, 0.5) is 0 Å². The van der Waals surface area contributed by atoms with Crippen molar-refractivity contribution in [3.8, 4) is 0 Å². The van der Waals surface area contributed by atoms with E-state index in [1.165, 1.54) is 38.5 Å². The van der Waals surface area contributed by atoms with Crippen molar-refractivity contribution in [2.75, 3.05) is 40.9 Å². The van der Waals surface area contributed by atoms with Crippen LogP contribution in [0.2, 0.25) is 0 Å². The highest BCUT2D eigenvalue weighted by Gasteiger charge is 2.23. The SMILES string of the molecule is CCCCCCCC/C=C\CC/C=C/[C@@H](O)[C@H](COP(=O)([O-])OCC[N+](C)(C)C)NC(=O)CCC/C=C\C/C=C\C/C=C\C/C=C\CCC[C@H](C)O. The third-order valence-electron chi connectivity index (χ3n) is 8.16. The van der Waals surface area contributed by atoms with Gasteiger partial charge in [-0.15, -0.1) is 0 Å². The number of nitrogens with one attached hydrogen (secondary N) is 1. The lowest BCUT2D eigenvalue weighted by molar-refractivity contribution is -0.870. The van der Waals surface area contributed by atoms with Crippen molar-refractivity contribution in [3.63, 3.8) is 0 Å². The van der Waals surface area contributed by atoms with Gasteiger partial charge in [0.25, 0.3) is 7.82 Å². The maximum absolute atomic E-state index is 12.8. The molecule has 0 bridgehead atoms. The summed E-state index contributed by atoms with van der Waals surface area (Å²) in [6.45, 7) is 4.07. The van der Waals surface area contributed by atoms with Crippen molar-refractivity contribution in [2.24, 2.45) is 0 Å². The second-order valence-electron chi connectivity index (χ2n) is 14.6. The lowest BCUT2D eigenvalue weighted by atomic mass is 10.1. The Kier molecular flexibility index (Phi) is 32.1. The van der Waals surface area contributed by atoms with Gasteiger partial charge in [0.2, 0.25) is 5.91 Å². The third-order valence-corrected chi connectivity index (χ3v) is 9.12. The Morgan fingerprint density at radius 3 is 1.87 bits per heavy atom. The minimum absolute atomic E-state index is 0.0261. The van der Waals surface area contributed by atoms with Crippen molar-refractivity contribution in [2.45, 2.75) is 148 Å². The van der Waals surface area contributed by atoms with E-state index in [2.05, 4.69) is 73.0 Å². The number of carbonyl (C=O) groups excluding carboxylic acids is 1. The van der Waals surface area contributed by atoms with Crippen LogP contribution in [0.15, 0.2) is 72.9 Å². The Labute approximate surface area is 317 Å². The summed E-state index contributed by atoms with van der Waals surface area (Å²) < 4.78 is 23.0. The number of allylic oxidation sites excluding steroid dienone is 11. The van der Waals surface area contributed by atoms with Crippen molar-refractivity contribution >= 4 is 13.7 Å². The van der Waals surface area contributed by atoms with Gasteiger partial charge in [0.15, 0.2) is 0 Å². The molecule has 0 aromatic rings. The smallest absolute Gasteiger partial charge is 0.268 e. The Balaban J connectivity index is 4.66. The highest BCUT2D eigenvalue weighted by atomic mass is 31.2. The number of rotatable bonds is 34. The zero-order valence-electron chi connectivity index (χ0n) is 33.3. The van der Waals surface area contributed by atoms with Crippen molar-refractivity contribution in [1.29, 1.82) is 0 Å². The highest BCUT2D eigenvalue weighted by molar-refractivity contribution is 7.45. The average Bonchev–Trinajstić information content (AvgIpc) is 3.07. The van der Waals surface area contributed by atoms with Crippen LogP contribution in [0.1, 0.15) is 129 Å². The fourth-order valence-corrected chi connectivity index (χ4v) is 5.66. The number of quaternary nitrogens is 1. The molecule has 0 aliphatic carbocycles. The molecule has 0 heterocycles. The lowest BCUT2D eigenvalue weighted by Crippen LogP contribution is -2.45. The third kappa shape index (κ3) is 36.3. The molecular weight excluding hydrogens is 675 g/mol. The van der Waals surface area contributed by atoms with Gasteiger partial charge in [-0.1, -0.05) is 112 Å². The van der Waals surface area contributed by atoms with Crippen LogP contribution >= 0.6 is 7.82 Å². The van der Waals surface area contributed by atoms with Gasteiger partial charge in [-0.3, -0.25) is 9.36 Å². The van der Waals surface area contributed by atoms with Crippen LogP contribution in [0, 0.1) is 0 Å². The van der Waals surface area contributed by atoms with Crippen molar-refractivity contribution < 1.29 is 38.0 Å². The van der Waals surface area contributed by atoms with Gasteiger partial charge in [-0.2, -0.15) is 0 Å². The molecule has 1 amide bonds. The van der Waals surface area contributed by atoms with Gasteiger partial charge in [-0.25, -0.2) is 0 Å². The maximum atomic E-state index is 12.8. The normalized spacial score (nSPS) is 15.9. The van der Waals surface area contributed by atoms with E-state index in [9.17, 15) is 24.5 Å². The molecule has 10 heteroatoms. The summed E-state index contributed by atoms with van der Waals surface area (Å²) in [5.74, 6) is -0.278. The largest absolute Gasteiger partial charge is 0.756 e. The van der Waals surface area contributed by atoms with E-state index in [4.69, 9.17) is 9.05 Å². The minimum Gasteiger partial charge on any atom is -0.756 e. The number of aliphatic hydroxyl groups is 2. The highest BCUT2D eigenvalue weighted by Crippen LogP contribution is 2.38. The van der Waals surface area contributed by atoms with E-state index < -0.39 is 26.6 Å². The van der Waals surface area contributed by atoms with Crippen LogP contribution in [0.3, 0.4) is 0 Å². The molecular formula is C42H75N2O7P. The molecule has 0 aliphatic heterocycles. The first kappa shape index (κ1) is 49.9. The van der Waals surface area contributed by atoms with Crippen LogP contribution < -0.4 is 10.2 Å². The standard InChI is InChI=1S/C42H75N2O7P/c1-6-7-8-9-10-11-12-19-22-25-28-31-34-41(46)40(38-51-52(48,49)50-37-36-44(3,4)5)43-42(47)35-32-29-26-23-20-17-15-13-14-16-18-21-24-27-30-33-39(2)45/h14-17,19,21-24,26,31,34,39-41,45-46H,6-13,18,20,25,27-30,32-33,35-38H2,1-5H3,(H-,43,47,48,49)/b16-14-,17-15-,22-19-,24-21-,26-23-,34-31+/t39-,40-,41+/m0/s1. The fourth-order valence-electron chi connectivity index (χ4n) is 4.94. The second kappa shape index (κ2) is 33.5. The van der Waals surface area contributed by atoms with Crippen LogP contribution in [0.5, 0.6) is 0 Å². The molecule has 0 saturated carbocycles. The number of aliphatic hydroxyl groups excluding tert-OH is 2. The summed E-state index contributed by atoms with van der Waals surface area (Å²) in [5, 5.41) is 22.9. The fraction of sp³-hybridized carbons (Fsp3) is 0.690. The first-order chi connectivity index (χ1) is 24.9. The molecule has 0 radical (unpaired) electrons. The Hall–Kier alpha value is -2.10. The van der Waals surface area contributed by atoms with E-state index in [0.717, 1.165) is 64.2 Å². The van der Waals surface area contributed by atoms with E-state index in [1.54, 1.807) is 6.08 Å². The molecule has 0 fully saturated rings. The van der Waals surface area contributed by atoms with Gasteiger partial charge >= 0.3 is 0 Å². The van der Waals surface area contributed by atoms with E-state index in [-0.39, 0.29) is 25.0 Å². The lowest BCUT2D eigenvalue weighted by Gasteiger charge is -2.29. The summed E-state index contributed by atoms with van der Waals surface area (Å²) in [6.07, 6.45) is 40.9. The number of hydrogen-bond acceptors (Lipinski definition) is 7. The summed E-state index contributed by atoms with van der Waals surface area (Å²) in [4.78, 5) is 25.2. The number of likely N-dealkylation sites (N-methyl/N-ethyl adjacent to an activating group) is 1. The number of amides is 1. The van der Waals surface area contributed by atoms with Gasteiger partial charge in [0.1, 0.15) is 13.2 Å². The molecule has 0 saturated heterocycles. The van der Waals surface area contributed by atoms with E-state index >= 15 is 0 Å². The monoisotopic (exact) mass is 751 g/mol. The summed E-state index contributed by atoms with van der Waals surface area (Å²) >= 11 is 0. The van der Waals surface area contributed by atoms with Crippen molar-refractivity contribution in [1.82, 2.24) is 5.32 Å². The van der Waals surface area contributed by atoms with Crippen LogP contribution in [-0.2, 0) is 18.4 Å². The second-order valence-corrected chi connectivity index (χ2v) is 16.0. The van der Waals surface area contributed by atoms with Crippen LogP contribution in [0.25, 0.3) is 0 Å². The quantitative estimate of drug-likeness (QED) is 0.0260. The molecule has 0 aliphatic rings. The summed E-state index contributed by atoms with van der Waals surface area (Å²) in [7, 11) is 1.17. The predicted octanol–water partition coefficient (Wildman–Crippen LogP) is 8.80. The average molecular weight is 751 g/mol. The molecule has 1 unspecified atom stereocenters. The molecule has 0 aromatic carbocycles. The number of unbranched alkanes of at least 4 members (excludes halogenated alkanes) is 9. The van der Waals surface area contributed by atoms with Gasteiger partial charge in [0, 0.05) is 6.42 Å². The number of carbonyl (C=O) groups is 1. The molecule has 4 atom stereocenters. The van der Waals surface area contributed by atoms with E-state index in [0.29, 0.717) is 17.4 Å². The first-order valence-corrected chi connectivity index (χ1v) is 21.3. The summed E-state index contributed by atoms with van der Waals surface area (Å²) in [6, 6.07) is -0.942. The predicted molar refractivity (Wildman–Crippen MR) is 216 cm³/mol. The summed E-state index contributed by atoms with van der Waals surface area (Å²) in [5.41, 5.74) is 0. The molecule has 0 spiro atoms. The van der Waals surface area contributed by atoms with Gasteiger partial charge in [0.05, 0.1) is 46.0 Å². The maximum Gasteiger partial charge on any atom is 0.268 e. The molecule has 52 heavy (non-hydrogen) atoms.